The first-order valence-electron chi connectivity index (χ1n) is 5.96. The predicted molar refractivity (Wildman–Crippen MR) is 57.4 cm³/mol. The molecule has 0 aromatic carbocycles. The highest BCUT2D eigenvalue weighted by Gasteiger charge is 2.68. The Morgan fingerprint density at radius 2 is 1.40 bits per heavy atom. The minimum atomic E-state index is -0.553. The SMILES string of the molecule is CC12CC3(O)C[C@](C)(C1)C(=O)[C@](C)(C2)C3. The molecule has 0 radical (unpaired) electrons. The lowest BCUT2D eigenvalue weighted by Crippen LogP contribution is -2.66. The van der Waals surface area contributed by atoms with E-state index >= 15 is 0 Å². The quantitative estimate of drug-likeness (QED) is 0.663. The molecule has 2 unspecified atom stereocenters. The Kier molecular flexibility index (Phi) is 1.42. The van der Waals surface area contributed by atoms with E-state index in [0.29, 0.717) is 18.6 Å². The lowest BCUT2D eigenvalue weighted by Gasteiger charge is -2.66. The molecule has 4 rings (SSSR count). The summed E-state index contributed by atoms with van der Waals surface area (Å²) in [6, 6.07) is 0. The molecule has 15 heavy (non-hydrogen) atoms. The van der Waals surface area contributed by atoms with E-state index in [9.17, 15) is 9.90 Å². The number of rotatable bonds is 0. The molecule has 4 atom stereocenters. The number of carbonyl (C=O) groups excluding carboxylic acids is 1. The van der Waals surface area contributed by atoms with E-state index in [2.05, 4.69) is 20.8 Å². The van der Waals surface area contributed by atoms with Crippen LogP contribution in [0.4, 0.5) is 0 Å². The second-order valence-electron chi connectivity index (χ2n) is 7.37. The monoisotopic (exact) mass is 208 g/mol. The van der Waals surface area contributed by atoms with Gasteiger partial charge in [-0.25, -0.2) is 0 Å². The van der Waals surface area contributed by atoms with E-state index < -0.39 is 5.60 Å². The molecule has 2 nitrogen and oxygen atoms in total. The summed E-state index contributed by atoms with van der Waals surface area (Å²) in [5, 5.41) is 10.6. The Morgan fingerprint density at radius 3 is 1.80 bits per heavy atom. The van der Waals surface area contributed by atoms with Crippen molar-refractivity contribution in [2.75, 3.05) is 0 Å². The van der Waals surface area contributed by atoms with Gasteiger partial charge in [-0.2, -0.15) is 0 Å². The molecule has 0 spiro atoms. The fraction of sp³-hybridized carbons (Fsp3) is 0.923. The van der Waals surface area contributed by atoms with Crippen molar-refractivity contribution in [1.82, 2.24) is 0 Å². The molecule has 0 aliphatic heterocycles. The summed E-state index contributed by atoms with van der Waals surface area (Å²) in [6.07, 6.45) is 4.26. The predicted octanol–water partition coefficient (Wildman–Crippen LogP) is 2.30. The third-order valence-electron chi connectivity index (χ3n) is 4.92. The van der Waals surface area contributed by atoms with E-state index in [-0.39, 0.29) is 16.2 Å². The van der Waals surface area contributed by atoms with Gasteiger partial charge in [0.2, 0.25) is 0 Å². The molecule has 0 aromatic rings. The van der Waals surface area contributed by atoms with Crippen LogP contribution in [0.15, 0.2) is 0 Å². The highest BCUT2D eigenvalue weighted by Crippen LogP contribution is 2.68. The molecule has 4 bridgehead atoms. The smallest absolute Gasteiger partial charge is 0.144 e. The van der Waals surface area contributed by atoms with E-state index in [1.54, 1.807) is 0 Å². The van der Waals surface area contributed by atoms with Crippen molar-refractivity contribution in [3.63, 3.8) is 0 Å². The summed E-state index contributed by atoms with van der Waals surface area (Å²) in [7, 11) is 0. The van der Waals surface area contributed by atoms with Gasteiger partial charge < -0.3 is 5.11 Å². The van der Waals surface area contributed by atoms with Crippen LogP contribution in [0, 0.1) is 16.2 Å². The molecular weight excluding hydrogens is 188 g/mol. The van der Waals surface area contributed by atoms with Gasteiger partial charge in [0.15, 0.2) is 0 Å². The van der Waals surface area contributed by atoms with Gasteiger partial charge >= 0.3 is 0 Å². The van der Waals surface area contributed by atoms with Crippen LogP contribution in [0.1, 0.15) is 52.9 Å². The zero-order chi connectivity index (χ0) is 11.1. The Balaban J connectivity index is 2.16. The first kappa shape index (κ1) is 9.83. The first-order valence-corrected chi connectivity index (χ1v) is 5.96. The molecule has 0 amide bonds. The van der Waals surface area contributed by atoms with Gasteiger partial charge in [-0.15, -0.1) is 0 Å². The summed E-state index contributed by atoms with van der Waals surface area (Å²) in [5.74, 6) is 0.414. The molecule has 84 valence electrons. The third-order valence-corrected chi connectivity index (χ3v) is 4.92. The van der Waals surface area contributed by atoms with E-state index in [1.807, 2.05) is 0 Å². The molecular formula is C13H20O2. The summed E-state index contributed by atoms with van der Waals surface area (Å²) in [4.78, 5) is 12.4. The number of carbonyl (C=O) groups is 1. The third kappa shape index (κ3) is 1.06. The minimum absolute atomic E-state index is 0.197. The number of aliphatic hydroxyl groups is 1. The molecule has 0 saturated heterocycles. The van der Waals surface area contributed by atoms with Crippen molar-refractivity contribution in [2.24, 2.45) is 16.2 Å². The van der Waals surface area contributed by atoms with Crippen molar-refractivity contribution in [3.05, 3.63) is 0 Å². The van der Waals surface area contributed by atoms with Crippen molar-refractivity contribution in [1.29, 1.82) is 0 Å². The fourth-order valence-corrected chi connectivity index (χ4v) is 5.68. The molecule has 4 saturated carbocycles. The van der Waals surface area contributed by atoms with Crippen LogP contribution in [0.3, 0.4) is 0 Å². The second-order valence-corrected chi connectivity index (χ2v) is 7.37. The topological polar surface area (TPSA) is 37.3 Å². The van der Waals surface area contributed by atoms with Crippen LogP contribution in [-0.2, 0) is 4.79 Å². The fourth-order valence-electron chi connectivity index (χ4n) is 5.68. The zero-order valence-corrected chi connectivity index (χ0v) is 9.89. The molecule has 0 aromatic heterocycles. The average Bonchev–Trinajstić information content (AvgIpc) is 1.93. The number of hydrogen-bond donors (Lipinski definition) is 1. The lowest BCUT2D eigenvalue weighted by molar-refractivity contribution is -0.212. The van der Waals surface area contributed by atoms with Gasteiger partial charge in [-0.05, 0) is 37.5 Å². The molecule has 0 heterocycles. The molecule has 4 aliphatic rings. The molecule has 4 aliphatic carbocycles. The summed E-state index contributed by atoms with van der Waals surface area (Å²) >= 11 is 0. The van der Waals surface area contributed by atoms with Crippen molar-refractivity contribution in [3.8, 4) is 0 Å². The Bertz CT molecular complexity index is 312. The maximum atomic E-state index is 12.4. The van der Waals surface area contributed by atoms with E-state index in [4.69, 9.17) is 0 Å². The summed E-state index contributed by atoms with van der Waals surface area (Å²) in [5.41, 5.74) is -0.842. The Hall–Kier alpha value is -0.370. The van der Waals surface area contributed by atoms with Crippen LogP contribution < -0.4 is 0 Å². The van der Waals surface area contributed by atoms with Gasteiger partial charge in [-0.3, -0.25) is 4.79 Å². The molecule has 2 heteroatoms. The molecule has 1 N–H and O–H groups in total. The normalized spacial score (nSPS) is 62.5. The summed E-state index contributed by atoms with van der Waals surface area (Å²) < 4.78 is 0. The number of ketones is 1. The van der Waals surface area contributed by atoms with Crippen LogP contribution in [0.25, 0.3) is 0 Å². The highest BCUT2D eigenvalue weighted by atomic mass is 16.3. The van der Waals surface area contributed by atoms with Crippen LogP contribution in [-0.4, -0.2) is 16.5 Å². The van der Waals surface area contributed by atoms with Gasteiger partial charge in [-0.1, -0.05) is 20.8 Å². The van der Waals surface area contributed by atoms with Crippen LogP contribution in [0.5, 0.6) is 0 Å². The van der Waals surface area contributed by atoms with Crippen molar-refractivity contribution in [2.45, 2.75) is 58.5 Å². The van der Waals surface area contributed by atoms with Gasteiger partial charge in [0, 0.05) is 10.8 Å². The van der Waals surface area contributed by atoms with Crippen molar-refractivity contribution >= 4 is 5.78 Å². The zero-order valence-electron chi connectivity index (χ0n) is 9.89. The van der Waals surface area contributed by atoms with Crippen LogP contribution in [0.2, 0.25) is 0 Å². The van der Waals surface area contributed by atoms with E-state index in [1.165, 1.54) is 0 Å². The highest BCUT2D eigenvalue weighted by molar-refractivity contribution is 5.92. The summed E-state index contributed by atoms with van der Waals surface area (Å²) in [6.45, 7) is 6.38. The largest absolute Gasteiger partial charge is 0.390 e. The Labute approximate surface area is 91.1 Å². The maximum Gasteiger partial charge on any atom is 0.144 e. The standard InChI is InChI=1S/C13H20O2/c1-10-4-11(2)7-13(15,6-10)8-12(3,5-10)9(11)14/h15H,4-8H2,1-3H3/t10?,11-,12+,13?. The molecule has 4 fully saturated rings. The van der Waals surface area contributed by atoms with Crippen molar-refractivity contribution < 1.29 is 9.90 Å². The maximum absolute atomic E-state index is 12.4. The van der Waals surface area contributed by atoms with E-state index in [0.717, 1.165) is 19.3 Å². The second kappa shape index (κ2) is 2.17. The van der Waals surface area contributed by atoms with Gasteiger partial charge in [0.25, 0.3) is 0 Å². The number of Topliss-reactive ketones (excluding diaryl/α,β-unsaturated/α-hetero) is 1. The minimum Gasteiger partial charge on any atom is -0.390 e. The average molecular weight is 208 g/mol. The van der Waals surface area contributed by atoms with Crippen LogP contribution >= 0.6 is 0 Å². The number of hydrogen-bond acceptors (Lipinski definition) is 2. The first-order chi connectivity index (χ1) is 6.69. The van der Waals surface area contributed by atoms with Gasteiger partial charge in [0.05, 0.1) is 5.60 Å². The lowest BCUT2D eigenvalue weighted by atomic mass is 9.39. The Morgan fingerprint density at radius 1 is 0.933 bits per heavy atom. The van der Waals surface area contributed by atoms with Gasteiger partial charge in [0.1, 0.15) is 5.78 Å².